The number of fused-ring (bicyclic) bond motifs is 1. The van der Waals surface area contributed by atoms with E-state index in [1.807, 2.05) is 6.07 Å². The molecule has 1 fully saturated rings. The molecule has 1 aliphatic heterocycles. The van der Waals surface area contributed by atoms with Gasteiger partial charge in [-0.3, -0.25) is 0 Å². The quantitative estimate of drug-likeness (QED) is 0.680. The number of hydrogen-bond acceptors (Lipinski definition) is 5. The minimum Gasteiger partial charge on any atom is -0.388 e. The second-order valence-electron chi connectivity index (χ2n) is 4.69. The van der Waals surface area contributed by atoms with Crippen molar-refractivity contribution in [2.24, 2.45) is 0 Å². The van der Waals surface area contributed by atoms with Crippen molar-refractivity contribution >= 4 is 11.2 Å². The van der Waals surface area contributed by atoms with Gasteiger partial charge in [0.05, 0.1) is 5.60 Å². The highest BCUT2D eigenvalue weighted by atomic mass is 16.3. The maximum absolute atomic E-state index is 10.4. The molecule has 0 amide bonds. The molecule has 6 heteroatoms. The molecule has 2 aromatic heterocycles. The van der Waals surface area contributed by atoms with Crippen molar-refractivity contribution in [3.63, 3.8) is 0 Å². The van der Waals surface area contributed by atoms with Gasteiger partial charge in [0.15, 0.2) is 0 Å². The second kappa shape index (κ2) is 4.05. The SMILES string of the molecule is OC1(Cc2cnc3n[nH]nc3c2)CCCNC1. The lowest BCUT2D eigenvalue weighted by Gasteiger charge is -2.32. The molecule has 90 valence electrons. The first kappa shape index (κ1) is 10.6. The van der Waals surface area contributed by atoms with Crippen LogP contribution in [0.15, 0.2) is 12.3 Å². The van der Waals surface area contributed by atoms with Crippen molar-refractivity contribution < 1.29 is 5.11 Å². The number of aliphatic hydroxyl groups is 1. The zero-order valence-electron chi connectivity index (χ0n) is 9.48. The van der Waals surface area contributed by atoms with Crippen molar-refractivity contribution in [1.29, 1.82) is 0 Å². The average molecular weight is 233 g/mol. The molecule has 0 saturated carbocycles. The normalized spacial score (nSPS) is 25.2. The molecule has 6 nitrogen and oxygen atoms in total. The Hall–Kier alpha value is -1.53. The lowest BCUT2D eigenvalue weighted by molar-refractivity contribution is 0.0169. The molecule has 1 saturated heterocycles. The van der Waals surface area contributed by atoms with Crippen LogP contribution in [0.25, 0.3) is 11.2 Å². The third-order valence-corrected chi connectivity index (χ3v) is 3.21. The predicted octanol–water partition coefficient (Wildman–Crippen LogP) is 0.00990. The number of hydrogen-bond donors (Lipinski definition) is 3. The summed E-state index contributed by atoms with van der Waals surface area (Å²) in [6.07, 6.45) is 4.21. The van der Waals surface area contributed by atoms with Crippen LogP contribution in [0.4, 0.5) is 0 Å². The van der Waals surface area contributed by atoms with Gasteiger partial charge in [0.1, 0.15) is 5.52 Å². The van der Waals surface area contributed by atoms with E-state index in [-0.39, 0.29) is 0 Å². The van der Waals surface area contributed by atoms with E-state index in [1.54, 1.807) is 6.20 Å². The monoisotopic (exact) mass is 233 g/mol. The Morgan fingerprint density at radius 1 is 1.41 bits per heavy atom. The van der Waals surface area contributed by atoms with E-state index in [9.17, 15) is 5.11 Å². The van der Waals surface area contributed by atoms with Gasteiger partial charge >= 0.3 is 0 Å². The van der Waals surface area contributed by atoms with Crippen molar-refractivity contribution in [3.05, 3.63) is 17.8 Å². The molecule has 0 aliphatic carbocycles. The Kier molecular flexibility index (Phi) is 2.53. The van der Waals surface area contributed by atoms with Gasteiger partial charge in [0.2, 0.25) is 5.65 Å². The number of β-amino-alcohol motifs (C(OH)–C–C–N with tert-alkyl or cyclic N) is 1. The highest BCUT2D eigenvalue weighted by molar-refractivity contribution is 5.69. The van der Waals surface area contributed by atoms with Crippen molar-refractivity contribution in [1.82, 2.24) is 25.7 Å². The van der Waals surface area contributed by atoms with Gasteiger partial charge in [-0.25, -0.2) is 4.98 Å². The van der Waals surface area contributed by atoms with Crippen LogP contribution in [0.5, 0.6) is 0 Å². The van der Waals surface area contributed by atoms with Gasteiger partial charge in [-0.05, 0) is 31.0 Å². The number of H-pyrrole nitrogens is 1. The van der Waals surface area contributed by atoms with Crippen LogP contribution in [0, 0.1) is 0 Å². The summed E-state index contributed by atoms with van der Waals surface area (Å²) in [6, 6.07) is 1.93. The molecular formula is C11H15N5O. The average Bonchev–Trinajstić information content (AvgIpc) is 2.76. The Morgan fingerprint density at radius 2 is 2.35 bits per heavy atom. The lowest BCUT2D eigenvalue weighted by atomic mass is 9.88. The van der Waals surface area contributed by atoms with Gasteiger partial charge in [0.25, 0.3) is 0 Å². The molecule has 0 bridgehead atoms. The van der Waals surface area contributed by atoms with Crippen LogP contribution >= 0.6 is 0 Å². The van der Waals surface area contributed by atoms with Crippen LogP contribution < -0.4 is 5.32 Å². The summed E-state index contributed by atoms with van der Waals surface area (Å²) in [5.41, 5.74) is 1.70. The summed E-state index contributed by atoms with van der Waals surface area (Å²) < 4.78 is 0. The molecule has 3 N–H and O–H groups in total. The van der Waals surface area contributed by atoms with Gasteiger partial charge in [-0.15, -0.1) is 5.10 Å². The largest absolute Gasteiger partial charge is 0.388 e. The third kappa shape index (κ3) is 2.13. The summed E-state index contributed by atoms with van der Waals surface area (Å²) >= 11 is 0. The molecule has 0 spiro atoms. The fourth-order valence-electron chi connectivity index (χ4n) is 2.36. The zero-order chi connectivity index (χ0) is 11.7. The first-order valence-corrected chi connectivity index (χ1v) is 5.84. The highest BCUT2D eigenvalue weighted by Crippen LogP contribution is 2.21. The number of nitrogens with one attached hydrogen (secondary N) is 2. The van der Waals surface area contributed by atoms with E-state index in [0.717, 1.165) is 30.5 Å². The van der Waals surface area contributed by atoms with Crippen LogP contribution in [0.3, 0.4) is 0 Å². The Labute approximate surface area is 98.4 Å². The number of aromatic nitrogens is 4. The molecule has 1 aliphatic rings. The molecule has 0 aromatic carbocycles. The maximum atomic E-state index is 10.4. The van der Waals surface area contributed by atoms with Crippen LogP contribution in [0.1, 0.15) is 18.4 Å². The molecule has 3 heterocycles. The smallest absolute Gasteiger partial charge is 0.201 e. The zero-order valence-corrected chi connectivity index (χ0v) is 9.48. The van der Waals surface area contributed by atoms with E-state index in [0.29, 0.717) is 18.6 Å². The minimum absolute atomic E-state index is 0.607. The van der Waals surface area contributed by atoms with E-state index >= 15 is 0 Å². The first-order chi connectivity index (χ1) is 8.25. The van der Waals surface area contributed by atoms with E-state index in [2.05, 4.69) is 25.7 Å². The van der Waals surface area contributed by atoms with E-state index < -0.39 is 5.60 Å². The Balaban J connectivity index is 1.83. The predicted molar refractivity (Wildman–Crippen MR) is 62.4 cm³/mol. The van der Waals surface area contributed by atoms with Crippen LogP contribution in [-0.4, -0.2) is 44.2 Å². The topological polar surface area (TPSA) is 86.7 Å². The molecule has 1 atom stereocenters. The minimum atomic E-state index is -0.655. The second-order valence-corrected chi connectivity index (χ2v) is 4.69. The van der Waals surface area contributed by atoms with Gasteiger partial charge in [-0.1, -0.05) is 0 Å². The van der Waals surface area contributed by atoms with Crippen molar-refractivity contribution in [2.45, 2.75) is 24.9 Å². The van der Waals surface area contributed by atoms with Gasteiger partial charge < -0.3 is 10.4 Å². The van der Waals surface area contributed by atoms with E-state index in [1.165, 1.54) is 0 Å². The molecule has 1 unspecified atom stereocenters. The molecule has 0 radical (unpaired) electrons. The van der Waals surface area contributed by atoms with Gasteiger partial charge in [0, 0.05) is 19.2 Å². The summed E-state index contributed by atoms with van der Waals surface area (Å²) in [6.45, 7) is 1.63. The van der Waals surface area contributed by atoms with Crippen LogP contribution in [-0.2, 0) is 6.42 Å². The fourth-order valence-corrected chi connectivity index (χ4v) is 2.36. The van der Waals surface area contributed by atoms with E-state index in [4.69, 9.17) is 0 Å². The number of pyridine rings is 1. The summed E-state index contributed by atoms with van der Waals surface area (Å²) in [7, 11) is 0. The molecule has 3 rings (SSSR count). The van der Waals surface area contributed by atoms with Crippen LogP contribution in [0.2, 0.25) is 0 Å². The summed E-state index contributed by atoms with van der Waals surface area (Å²) in [4.78, 5) is 4.20. The Bertz CT molecular complexity index is 517. The molecule has 2 aromatic rings. The standard InChI is InChI=1S/C11H15N5O/c17-11(2-1-3-12-7-11)5-8-4-9-10(13-6-8)15-16-14-9/h4,6,12,17H,1-3,5,7H2,(H,13,14,15,16). The number of aromatic amines is 1. The van der Waals surface area contributed by atoms with Gasteiger partial charge in [-0.2, -0.15) is 10.3 Å². The fraction of sp³-hybridized carbons (Fsp3) is 0.545. The highest BCUT2D eigenvalue weighted by Gasteiger charge is 2.29. The summed E-state index contributed by atoms with van der Waals surface area (Å²) in [5, 5.41) is 24.1. The lowest BCUT2D eigenvalue weighted by Crippen LogP contribution is -2.47. The molecule has 17 heavy (non-hydrogen) atoms. The Morgan fingerprint density at radius 3 is 3.18 bits per heavy atom. The molecular weight excluding hydrogens is 218 g/mol. The third-order valence-electron chi connectivity index (χ3n) is 3.21. The first-order valence-electron chi connectivity index (χ1n) is 5.84. The van der Waals surface area contributed by atoms with Crippen molar-refractivity contribution in [2.75, 3.05) is 13.1 Å². The number of nitrogens with zero attached hydrogens (tertiary/aromatic N) is 3. The number of rotatable bonds is 2. The summed E-state index contributed by atoms with van der Waals surface area (Å²) in [5.74, 6) is 0. The maximum Gasteiger partial charge on any atom is 0.201 e. The van der Waals surface area contributed by atoms with Crippen molar-refractivity contribution in [3.8, 4) is 0 Å². The number of piperidine rings is 1.